The molecule has 0 aromatic heterocycles. The van der Waals surface area contributed by atoms with Gasteiger partial charge in [-0.3, -0.25) is 4.79 Å². The molecule has 2 aromatic rings. The number of rotatable bonds is 4. The fourth-order valence-electron chi connectivity index (χ4n) is 3.59. The molecule has 1 fully saturated rings. The lowest BCUT2D eigenvalue weighted by Crippen LogP contribution is -2.30. The number of alkyl halides is 4. The van der Waals surface area contributed by atoms with Gasteiger partial charge in [0.1, 0.15) is 24.3 Å². The Kier molecular flexibility index (Phi) is 5.21. The van der Waals surface area contributed by atoms with E-state index in [0.717, 1.165) is 5.56 Å². The van der Waals surface area contributed by atoms with Crippen LogP contribution in [0.25, 0.3) is 0 Å². The average Bonchev–Trinajstić information content (AvgIpc) is 2.96. The minimum absolute atomic E-state index is 0.198. The van der Waals surface area contributed by atoms with Gasteiger partial charge >= 0.3 is 6.36 Å². The second kappa shape index (κ2) is 7.67. The molecule has 2 heterocycles. The second-order valence-electron chi connectivity index (χ2n) is 6.75. The van der Waals surface area contributed by atoms with E-state index in [4.69, 9.17) is 21.1 Å². The predicted octanol–water partition coefficient (Wildman–Crippen LogP) is 4.44. The molecule has 0 unspecified atom stereocenters. The third-order valence-electron chi connectivity index (χ3n) is 4.82. The molecule has 0 radical (unpaired) electrons. The molecule has 1 saturated heterocycles. The van der Waals surface area contributed by atoms with Crippen molar-refractivity contribution in [2.75, 3.05) is 13.2 Å². The highest BCUT2D eigenvalue weighted by Gasteiger charge is 2.41. The molecule has 2 atom stereocenters. The molecule has 1 amide bonds. The topological polar surface area (TPSA) is 48.0 Å². The Hall–Kier alpha value is -2.61. The van der Waals surface area contributed by atoms with E-state index in [0.29, 0.717) is 36.7 Å². The van der Waals surface area contributed by atoms with Gasteiger partial charge in [-0.15, -0.1) is 24.8 Å². The maximum atomic E-state index is 12.7. The van der Waals surface area contributed by atoms with Crippen molar-refractivity contribution in [1.82, 2.24) is 4.90 Å². The van der Waals surface area contributed by atoms with Gasteiger partial charge in [-0.25, -0.2) is 0 Å². The van der Waals surface area contributed by atoms with Gasteiger partial charge in [-0.1, -0.05) is 24.3 Å². The number of para-hydroxylation sites is 1. The largest absolute Gasteiger partial charge is 0.573 e. The van der Waals surface area contributed by atoms with Crippen LogP contribution in [-0.4, -0.2) is 35.8 Å². The van der Waals surface area contributed by atoms with Gasteiger partial charge in [0.25, 0.3) is 0 Å². The van der Waals surface area contributed by atoms with E-state index in [9.17, 15) is 18.0 Å². The molecule has 2 aliphatic rings. The summed E-state index contributed by atoms with van der Waals surface area (Å²) >= 11 is 6.24. The third-order valence-corrected chi connectivity index (χ3v) is 5.19. The van der Waals surface area contributed by atoms with Gasteiger partial charge < -0.3 is 19.1 Å². The Morgan fingerprint density at radius 3 is 2.55 bits per heavy atom. The summed E-state index contributed by atoms with van der Waals surface area (Å²) < 4.78 is 52.3. The Bertz CT molecular complexity index is 904. The average molecular weight is 428 g/mol. The number of amides is 1. The second-order valence-corrected chi connectivity index (χ2v) is 7.28. The Morgan fingerprint density at radius 2 is 1.83 bits per heavy atom. The van der Waals surface area contributed by atoms with Crippen LogP contribution < -0.4 is 14.2 Å². The first-order chi connectivity index (χ1) is 13.8. The van der Waals surface area contributed by atoms with E-state index in [1.165, 1.54) is 24.3 Å². The number of hydrogen-bond acceptors (Lipinski definition) is 4. The van der Waals surface area contributed by atoms with Crippen molar-refractivity contribution in [3.05, 3.63) is 53.6 Å². The maximum absolute atomic E-state index is 12.7. The molecule has 154 valence electrons. The van der Waals surface area contributed by atoms with Crippen molar-refractivity contribution in [2.24, 2.45) is 0 Å². The molecule has 0 N–H and O–H groups in total. The standard InChI is InChI=1S/C20H17ClF3NO4/c21-15-10-16(14-2-1-3-17-18(14)28-9-8-27-17)25(19(15)26)11-12-4-6-13(7-5-12)29-20(22,23)24/h1-7,15-16H,8-11H2/t15-,16+/m1/s1. The number of carbonyl (C=O) groups is 1. The summed E-state index contributed by atoms with van der Waals surface area (Å²) in [5.41, 5.74) is 1.46. The van der Waals surface area contributed by atoms with Crippen LogP contribution in [-0.2, 0) is 11.3 Å². The number of halogens is 4. The SMILES string of the molecule is O=C1[C@H](Cl)C[C@@H](c2cccc3c2OCCO3)N1Cc1ccc(OC(F)(F)F)cc1. The van der Waals surface area contributed by atoms with Crippen LogP contribution in [0.5, 0.6) is 17.2 Å². The van der Waals surface area contributed by atoms with Crippen molar-refractivity contribution in [2.45, 2.75) is 30.7 Å². The van der Waals surface area contributed by atoms with E-state index in [1.807, 2.05) is 12.1 Å². The van der Waals surface area contributed by atoms with E-state index in [1.54, 1.807) is 11.0 Å². The zero-order valence-electron chi connectivity index (χ0n) is 15.1. The monoisotopic (exact) mass is 427 g/mol. The number of ether oxygens (including phenoxy) is 3. The van der Waals surface area contributed by atoms with Crippen LogP contribution in [0.15, 0.2) is 42.5 Å². The molecule has 0 bridgehead atoms. The summed E-state index contributed by atoms with van der Waals surface area (Å²) in [6, 6.07) is 10.6. The number of benzene rings is 2. The molecule has 2 aromatic carbocycles. The zero-order chi connectivity index (χ0) is 20.6. The van der Waals surface area contributed by atoms with Crippen LogP contribution in [0.1, 0.15) is 23.6 Å². The number of fused-ring (bicyclic) bond motifs is 1. The maximum Gasteiger partial charge on any atom is 0.573 e. The normalized spacial score (nSPS) is 21.4. The minimum Gasteiger partial charge on any atom is -0.486 e. The first-order valence-corrected chi connectivity index (χ1v) is 9.43. The summed E-state index contributed by atoms with van der Waals surface area (Å²) in [6.07, 6.45) is -4.35. The van der Waals surface area contributed by atoms with Crippen LogP contribution in [0.2, 0.25) is 0 Å². The summed E-state index contributed by atoms with van der Waals surface area (Å²) in [5.74, 6) is 0.666. The molecular formula is C20H17ClF3NO4. The predicted molar refractivity (Wildman–Crippen MR) is 98.1 cm³/mol. The van der Waals surface area contributed by atoms with E-state index in [-0.39, 0.29) is 24.2 Å². The van der Waals surface area contributed by atoms with E-state index in [2.05, 4.69) is 4.74 Å². The first-order valence-electron chi connectivity index (χ1n) is 8.99. The van der Waals surface area contributed by atoms with Crippen molar-refractivity contribution in [3.8, 4) is 17.2 Å². The molecule has 2 aliphatic heterocycles. The lowest BCUT2D eigenvalue weighted by atomic mass is 10.0. The summed E-state index contributed by atoms with van der Waals surface area (Å²) in [7, 11) is 0. The molecule has 4 rings (SSSR count). The number of nitrogens with zero attached hydrogens (tertiary/aromatic N) is 1. The van der Waals surface area contributed by atoms with Crippen molar-refractivity contribution < 1.29 is 32.2 Å². The number of carbonyl (C=O) groups excluding carboxylic acids is 1. The summed E-state index contributed by atoms with van der Waals surface area (Å²) in [6.45, 7) is 1.06. The lowest BCUT2D eigenvalue weighted by Gasteiger charge is -2.29. The van der Waals surface area contributed by atoms with Gasteiger partial charge in [-0.2, -0.15) is 0 Å². The minimum atomic E-state index is -4.75. The molecule has 0 aliphatic carbocycles. The van der Waals surface area contributed by atoms with Gasteiger partial charge in [-0.05, 0) is 30.2 Å². The highest BCUT2D eigenvalue weighted by molar-refractivity contribution is 6.31. The van der Waals surface area contributed by atoms with Gasteiger partial charge in [0.15, 0.2) is 11.5 Å². The highest BCUT2D eigenvalue weighted by atomic mass is 35.5. The fraction of sp³-hybridized carbons (Fsp3) is 0.350. The highest BCUT2D eigenvalue weighted by Crippen LogP contribution is 2.44. The van der Waals surface area contributed by atoms with Crippen LogP contribution >= 0.6 is 11.6 Å². The number of likely N-dealkylation sites (tertiary alicyclic amines) is 1. The van der Waals surface area contributed by atoms with Gasteiger partial charge in [0, 0.05) is 12.1 Å². The zero-order valence-corrected chi connectivity index (χ0v) is 15.9. The quantitative estimate of drug-likeness (QED) is 0.677. The van der Waals surface area contributed by atoms with E-state index >= 15 is 0 Å². The molecule has 29 heavy (non-hydrogen) atoms. The smallest absolute Gasteiger partial charge is 0.486 e. The van der Waals surface area contributed by atoms with Crippen LogP contribution in [0.3, 0.4) is 0 Å². The Morgan fingerprint density at radius 1 is 1.10 bits per heavy atom. The van der Waals surface area contributed by atoms with Crippen molar-refractivity contribution >= 4 is 17.5 Å². The number of hydrogen-bond donors (Lipinski definition) is 0. The van der Waals surface area contributed by atoms with Gasteiger partial charge in [0.05, 0.1) is 6.04 Å². The van der Waals surface area contributed by atoms with Crippen molar-refractivity contribution in [3.63, 3.8) is 0 Å². The lowest BCUT2D eigenvalue weighted by molar-refractivity contribution is -0.274. The Balaban J connectivity index is 1.58. The molecular weight excluding hydrogens is 411 g/mol. The Labute approximate surface area is 169 Å². The molecule has 9 heteroatoms. The van der Waals surface area contributed by atoms with E-state index < -0.39 is 11.7 Å². The van der Waals surface area contributed by atoms with Crippen molar-refractivity contribution in [1.29, 1.82) is 0 Å². The first kappa shape index (κ1) is 19.7. The van der Waals surface area contributed by atoms with Crippen LogP contribution in [0.4, 0.5) is 13.2 Å². The van der Waals surface area contributed by atoms with Gasteiger partial charge in [0.2, 0.25) is 5.91 Å². The third kappa shape index (κ3) is 4.22. The molecule has 0 saturated carbocycles. The molecule has 5 nitrogen and oxygen atoms in total. The fourth-order valence-corrected chi connectivity index (χ4v) is 3.89. The summed E-state index contributed by atoms with van der Waals surface area (Å²) in [4.78, 5) is 14.3. The molecule has 0 spiro atoms. The van der Waals surface area contributed by atoms with Crippen LogP contribution in [0, 0.1) is 0 Å². The summed E-state index contributed by atoms with van der Waals surface area (Å²) in [5, 5.41) is -0.687.